The molecule has 1 atom stereocenters. The number of carbonyl (C=O) groups is 1. The maximum Gasteiger partial charge on any atom is 0.223 e. The van der Waals surface area contributed by atoms with Crippen LogP contribution in [-0.4, -0.2) is 21.0 Å². The van der Waals surface area contributed by atoms with Crippen LogP contribution in [0.2, 0.25) is 0 Å². The van der Waals surface area contributed by atoms with Crippen LogP contribution in [0.4, 0.5) is 0 Å². The minimum Gasteiger partial charge on any atom is -0.351 e. The van der Waals surface area contributed by atoms with E-state index in [0.29, 0.717) is 0 Å². The Hall–Kier alpha value is -1.32. The van der Waals surface area contributed by atoms with Gasteiger partial charge in [-0.15, -0.1) is 0 Å². The quantitative estimate of drug-likeness (QED) is 0.923. The molecule has 0 saturated heterocycles. The van der Waals surface area contributed by atoms with Crippen LogP contribution in [0.15, 0.2) is 12.5 Å². The normalized spacial score (nSPS) is 19.6. The molecule has 1 aliphatic rings. The largest absolute Gasteiger partial charge is 0.351 e. The summed E-state index contributed by atoms with van der Waals surface area (Å²) < 4.78 is 2.14. The van der Waals surface area contributed by atoms with Crippen molar-refractivity contribution in [1.29, 1.82) is 0 Å². The molecule has 4 nitrogen and oxygen atoms in total. The highest BCUT2D eigenvalue weighted by molar-refractivity contribution is 5.79. The van der Waals surface area contributed by atoms with E-state index >= 15 is 0 Å². The first kappa shape index (κ1) is 15.1. The van der Waals surface area contributed by atoms with Gasteiger partial charge in [-0.25, -0.2) is 4.98 Å². The Bertz CT molecular complexity index is 482. The molecule has 1 aromatic rings. The minimum absolute atomic E-state index is 0.0819. The molecule has 112 valence electrons. The standard InChI is InChI=1S/C16H27N3O/c1-15(2,3)10-16(4,5)18-14(20)12-6-7-19-11-17-9-13(19)8-12/h9,11-12H,6-8,10H2,1-5H3,(H,18,20). The highest BCUT2D eigenvalue weighted by Crippen LogP contribution is 2.28. The molecule has 0 bridgehead atoms. The summed E-state index contributed by atoms with van der Waals surface area (Å²) in [5.74, 6) is 0.269. The van der Waals surface area contributed by atoms with Crippen molar-refractivity contribution in [1.82, 2.24) is 14.9 Å². The molecule has 0 spiro atoms. The molecule has 2 heterocycles. The summed E-state index contributed by atoms with van der Waals surface area (Å²) in [7, 11) is 0. The Balaban J connectivity index is 1.96. The topological polar surface area (TPSA) is 46.9 Å². The lowest BCUT2D eigenvalue weighted by Gasteiger charge is -2.35. The average molecular weight is 277 g/mol. The van der Waals surface area contributed by atoms with Gasteiger partial charge in [0, 0.05) is 36.3 Å². The zero-order chi connectivity index (χ0) is 15.0. The average Bonchev–Trinajstić information content (AvgIpc) is 2.71. The van der Waals surface area contributed by atoms with Crippen LogP contribution in [0.25, 0.3) is 0 Å². The fourth-order valence-electron chi connectivity index (χ4n) is 3.40. The van der Waals surface area contributed by atoms with Crippen LogP contribution in [0.3, 0.4) is 0 Å². The van der Waals surface area contributed by atoms with Crippen molar-refractivity contribution in [3.8, 4) is 0 Å². The Kier molecular flexibility index (Phi) is 3.94. The maximum absolute atomic E-state index is 12.5. The van der Waals surface area contributed by atoms with Crippen LogP contribution < -0.4 is 5.32 Å². The van der Waals surface area contributed by atoms with Crippen LogP contribution in [0.5, 0.6) is 0 Å². The van der Waals surface area contributed by atoms with Crippen molar-refractivity contribution in [2.75, 3.05) is 0 Å². The third-order valence-corrected chi connectivity index (χ3v) is 3.78. The lowest BCUT2D eigenvalue weighted by molar-refractivity contribution is -0.127. The molecule has 4 heteroatoms. The lowest BCUT2D eigenvalue weighted by atomic mass is 9.81. The van der Waals surface area contributed by atoms with Gasteiger partial charge in [0.05, 0.1) is 6.33 Å². The van der Waals surface area contributed by atoms with Crippen molar-refractivity contribution in [2.45, 2.75) is 66.0 Å². The van der Waals surface area contributed by atoms with E-state index < -0.39 is 0 Å². The van der Waals surface area contributed by atoms with E-state index in [1.54, 1.807) is 0 Å². The van der Waals surface area contributed by atoms with Gasteiger partial charge in [-0.05, 0) is 32.1 Å². The third-order valence-electron chi connectivity index (χ3n) is 3.78. The van der Waals surface area contributed by atoms with Crippen molar-refractivity contribution in [3.05, 3.63) is 18.2 Å². The summed E-state index contributed by atoms with van der Waals surface area (Å²) >= 11 is 0. The second-order valence-corrected chi connectivity index (χ2v) is 7.88. The summed E-state index contributed by atoms with van der Waals surface area (Å²) in [5.41, 5.74) is 1.22. The number of nitrogens with one attached hydrogen (secondary N) is 1. The number of hydrogen-bond donors (Lipinski definition) is 1. The number of carbonyl (C=O) groups excluding carboxylic acids is 1. The molecule has 1 aromatic heterocycles. The number of aromatic nitrogens is 2. The zero-order valence-corrected chi connectivity index (χ0v) is 13.4. The molecule has 0 fully saturated rings. The van der Waals surface area contributed by atoms with E-state index in [1.807, 2.05) is 12.5 Å². The molecule has 20 heavy (non-hydrogen) atoms. The Morgan fingerprint density at radius 3 is 2.75 bits per heavy atom. The number of rotatable bonds is 3. The number of amides is 1. The molecule has 1 aliphatic heterocycles. The maximum atomic E-state index is 12.5. The molecule has 0 saturated carbocycles. The van der Waals surface area contributed by atoms with E-state index in [1.165, 1.54) is 5.69 Å². The van der Waals surface area contributed by atoms with Gasteiger partial charge < -0.3 is 9.88 Å². The number of fused-ring (bicyclic) bond motifs is 1. The number of nitrogens with zero attached hydrogens (tertiary/aromatic N) is 2. The summed E-state index contributed by atoms with van der Waals surface area (Å²) in [5, 5.41) is 3.24. The summed E-state index contributed by atoms with van der Waals surface area (Å²) in [6.45, 7) is 11.7. The van der Waals surface area contributed by atoms with E-state index in [0.717, 1.165) is 25.8 Å². The van der Waals surface area contributed by atoms with Crippen LogP contribution >= 0.6 is 0 Å². The number of imidazole rings is 1. The monoisotopic (exact) mass is 277 g/mol. The highest BCUT2D eigenvalue weighted by Gasteiger charge is 2.31. The van der Waals surface area contributed by atoms with E-state index in [4.69, 9.17) is 0 Å². The van der Waals surface area contributed by atoms with Gasteiger partial charge in [-0.3, -0.25) is 4.79 Å². The van der Waals surface area contributed by atoms with Crippen molar-refractivity contribution in [3.63, 3.8) is 0 Å². The fraction of sp³-hybridized carbons (Fsp3) is 0.750. The molecule has 1 N–H and O–H groups in total. The molecular formula is C16H27N3O. The van der Waals surface area contributed by atoms with Gasteiger partial charge in [-0.1, -0.05) is 20.8 Å². The first-order chi connectivity index (χ1) is 9.16. The minimum atomic E-state index is -0.160. The van der Waals surface area contributed by atoms with Gasteiger partial charge in [0.1, 0.15) is 0 Å². The van der Waals surface area contributed by atoms with Gasteiger partial charge in [0.25, 0.3) is 0 Å². The molecule has 1 unspecified atom stereocenters. The first-order valence-corrected chi connectivity index (χ1v) is 7.47. The highest BCUT2D eigenvalue weighted by atomic mass is 16.2. The van der Waals surface area contributed by atoms with Crippen molar-refractivity contribution >= 4 is 5.91 Å². The second kappa shape index (κ2) is 5.23. The summed E-state index contributed by atoms with van der Waals surface area (Å²) in [4.78, 5) is 16.6. The van der Waals surface area contributed by atoms with Crippen LogP contribution in [-0.2, 0) is 17.8 Å². The van der Waals surface area contributed by atoms with Gasteiger partial charge in [-0.2, -0.15) is 0 Å². The van der Waals surface area contributed by atoms with Gasteiger partial charge in [0.2, 0.25) is 5.91 Å². The van der Waals surface area contributed by atoms with E-state index in [9.17, 15) is 4.79 Å². The zero-order valence-electron chi connectivity index (χ0n) is 13.4. The molecule has 2 rings (SSSR count). The van der Waals surface area contributed by atoms with E-state index in [-0.39, 0.29) is 22.8 Å². The lowest BCUT2D eigenvalue weighted by Crippen LogP contribution is -2.49. The molecule has 0 radical (unpaired) electrons. The molecule has 0 aromatic carbocycles. The first-order valence-electron chi connectivity index (χ1n) is 7.47. The molecule has 1 amide bonds. The van der Waals surface area contributed by atoms with E-state index in [2.05, 4.69) is 49.5 Å². The van der Waals surface area contributed by atoms with Crippen molar-refractivity contribution in [2.24, 2.45) is 11.3 Å². The molecule has 0 aliphatic carbocycles. The number of aryl methyl sites for hydroxylation is 1. The number of hydrogen-bond acceptors (Lipinski definition) is 2. The Morgan fingerprint density at radius 1 is 1.40 bits per heavy atom. The predicted molar refractivity (Wildman–Crippen MR) is 80.3 cm³/mol. The second-order valence-electron chi connectivity index (χ2n) is 7.88. The fourth-order valence-corrected chi connectivity index (χ4v) is 3.40. The third kappa shape index (κ3) is 3.84. The summed E-state index contributed by atoms with van der Waals surface area (Å²) in [6.07, 6.45) is 6.40. The summed E-state index contributed by atoms with van der Waals surface area (Å²) in [6, 6.07) is 0. The van der Waals surface area contributed by atoms with Gasteiger partial charge >= 0.3 is 0 Å². The van der Waals surface area contributed by atoms with Crippen LogP contribution in [0.1, 0.15) is 53.2 Å². The Labute approximate surface area is 122 Å². The van der Waals surface area contributed by atoms with Gasteiger partial charge in [0.15, 0.2) is 0 Å². The predicted octanol–water partition coefficient (Wildman–Crippen LogP) is 2.78. The Morgan fingerprint density at radius 2 is 2.10 bits per heavy atom. The molecular weight excluding hydrogens is 250 g/mol. The SMILES string of the molecule is CC(C)(C)CC(C)(C)NC(=O)C1CCn2cncc2C1. The van der Waals surface area contributed by atoms with Crippen LogP contribution in [0, 0.1) is 11.3 Å². The van der Waals surface area contributed by atoms with Crippen molar-refractivity contribution < 1.29 is 4.79 Å². The smallest absolute Gasteiger partial charge is 0.223 e.